The van der Waals surface area contributed by atoms with Crippen molar-refractivity contribution in [1.82, 2.24) is 0 Å². The number of hydrogen-bond donors (Lipinski definition) is 2. The van der Waals surface area contributed by atoms with E-state index in [-0.39, 0.29) is 16.9 Å². The van der Waals surface area contributed by atoms with Crippen LogP contribution >= 0.6 is 0 Å². The normalized spacial score (nSPS) is 10.2. The molecule has 0 aromatic heterocycles. The maximum atomic E-state index is 13.2. The molecule has 2 amide bonds. The van der Waals surface area contributed by atoms with E-state index in [1.165, 1.54) is 31.2 Å². The average Bonchev–Trinajstić information content (AvgIpc) is 2.68. The Labute approximate surface area is 161 Å². The number of rotatable bonds is 5. The molecule has 0 saturated carbocycles. The molecule has 0 spiro atoms. The van der Waals surface area contributed by atoms with Crippen LogP contribution in [-0.4, -0.2) is 17.6 Å². The zero-order valence-electron chi connectivity index (χ0n) is 15.0. The van der Waals surface area contributed by atoms with Crippen molar-refractivity contribution in [2.24, 2.45) is 0 Å². The molecule has 0 fully saturated rings. The summed E-state index contributed by atoms with van der Waals surface area (Å²) in [6.07, 6.45) is 0. The molecule has 0 bridgehead atoms. The molecule has 6 heteroatoms. The second-order valence-electron chi connectivity index (χ2n) is 6.14. The Morgan fingerprint density at radius 3 is 1.75 bits per heavy atom. The first-order valence-electron chi connectivity index (χ1n) is 8.52. The Morgan fingerprint density at radius 2 is 1.18 bits per heavy atom. The van der Waals surface area contributed by atoms with Crippen LogP contribution in [0, 0.1) is 5.82 Å². The van der Waals surface area contributed by atoms with Crippen LogP contribution in [0.1, 0.15) is 38.0 Å². The lowest BCUT2D eigenvalue weighted by atomic mass is 10.1. The molecule has 140 valence electrons. The first-order chi connectivity index (χ1) is 13.4. The molecule has 28 heavy (non-hydrogen) atoms. The maximum Gasteiger partial charge on any atom is 0.255 e. The highest BCUT2D eigenvalue weighted by Gasteiger charge is 2.12. The number of carbonyl (C=O) groups excluding carboxylic acids is 3. The molecular weight excluding hydrogens is 359 g/mol. The first-order valence-corrected chi connectivity index (χ1v) is 8.52. The van der Waals surface area contributed by atoms with Gasteiger partial charge >= 0.3 is 0 Å². The van der Waals surface area contributed by atoms with Gasteiger partial charge in [-0.25, -0.2) is 4.39 Å². The van der Waals surface area contributed by atoms with Crippen LogP contribution in [0.4, 0.5) is 15.8 Å². The minimum Gasteiger partial charge on any atom is -0.322 e. The second kappa shape index (κ2) is 8.26. The highest BCUT2D eigenvalue weighted by molar-refractivity contribution is 6.09. The smallest absolute Gasteiger partial charge is 0.255 e. The minimum atomic E-state index is -0.460. The molecule has 2 N–H and O–H groups in total. The molecule has 3 rings (SSSR count). The SMILES string of the molecule is CC(=O)c1cccc(NC(=O)c2cccc(C(=O)Nc3cccc(F)c3)c2)c1. The molecule has 3 aromatic rings. The summed E-state index contributed by atoms with van der Waals surface area (Å²) in [5.41, 5.74) is 1.82. The number of ketones is 1. The third-order valence-corrected chi connectivity index (χ3v) is 4.00. The van der Waals surface area contributed by atoms with Crippen molar-refractivity contribution in [1.29, 1.82) is 0 Å². The number of amides is 2. The van der Waals surface area contributed by atoms with Gasteiger partial charge in [0.15, 0.2) is 5.78 Å². The fourth-order valence-electron chi connectivity index (χ4n) is 2.59. The standard InChI is InChI=1S/C22H17FN2O3/c1-14(26)15-5-3-9-19(12-15)24-21(27)16-6-2-7-17(11-16)22(28)25-20-10-4-8-18(23)13-20/h2-13H,1H3,(H,24,27)(H,25,28). The summed E-state index contributed by atoms with van der Waals surface area (Å²) in [5, 5.41) is 5.29. The Hall–Kier alpha value is -3.80. The zero-order valence-corrected chi connectivity index (χ0v) is 15.0. The monoisotopic (exact) mass is 376 g/mol. The van der Waals surface area contributed by atoms with Crippen molar-refractivity contribution in [3.8, 4) is 0 Å². The van der Waals surface area contributed by atoms with Crippen LogP contribution in [0.2, 0.25) is 0 Å². The van der Waals surface area contributed by atoms with Crippen LogP contribution in [0.15, 0.2) is 72.8 Å². The molecule has 0 heterocycles. The maximum absolute atomic E-state index is 13.2. The Balaban J connectivity index is 1.75. The number of hydrogen-bond acceptors (Lipinski definition) is 3. The second-order valence-corrected chi connectivity index (χ2v) is 6.14. The third-order valence-electron chi connectivity index (χ3n) is 4.00. The first kappa shape index (κ1) is 19.0. The summed E-state index contributed by atoms with van der Waals surface area (Å²) in [7, 11) is 0. The van der Waals surface area contributed by atoms with E-state index in [1.807, 2.05) is 0 Å². The van der Waals surface area contributed by atoms with Crippen molar-refractivity contribution in [2.75, 3.05) is 10.6 Å². The van der Waals surface area contributed by atoms with Crippen LogP contribution in [-0.2, 0) is 0 Å². The number of benzene rings is 3. The average molecular weight is 376 g/mol. The van der Waals surface area contributed by atoms with E-state index in [1.54, 1.807) is 48.5 Å². The summed E-state index contributed by atoms with van der Waals surface area (Å²) in [4.78, 5) is 36.3. The molecule has 0 saturated heterocycles. The largest absolute Gasteiger partial charge is 0.322 e. The molecule has 0 unspecified atom stereocenters. The fourth-order valence-corrected chi connectivity index (χ4v) is 2.59. The molecule has 3 aromatic carbocycles. The number of anilines is 2. The van der Waals surface area contributed by atoms with Gasteiger partial charge in [-0.2, -0.15) is 0 Å². The lowest BCUT2D eigenvalue weighted by Crippen LogP contribution is -2.15. The molecule has 0 aliphatic carbocycles. The predicted molar refractivity (Wildman–Crippen MR) is 105 cm³/mol. The highest BCUT2D eigenvalue weighted by atomic mass is 19.1. The number of carbonyl (C=O) groups is 3. The molecule has 0 aliphatic rings. The number of nitrogens with one attached hydrogen (secondary N) is 2. The van der Waals surface area contributed by atoms with Gasteiger partial charge in [0, 0.05) is 28.1 Å². The van der Waals surface area contributed by atoms with Crippen molar-refractivity contribution < 1.29 is 18.8 Å². The Morgan fingerprint density at radius 1 is 0.679 bits per heavy atom. The number of halogens is 1. The van der Waals surface area contributed by atoms with E-state index in [9.17, 15) is 18.8 Å². The Kier molecular flexibility index (Phi) is 5.60. The van der Waals surface area contributed by atoms with E-state index in [0.717, 1.165) is 0 Å². The zero-order chi connectivity index (χ0) is 20.1. The van der Waals surface area contributed by atoms with E-state index in [0.29, 0.717) is 16.9 Å². The van der Waals surface area contributed by atoms with Gasteiger partial charge in [-0.15, -0.1) is 0 Å². The molecule has 0 aliphatic heterocycles. The van der Waals surface area contributed by atoms with Crippen molar-refractivity contribution in [3.05, 3.63) is 95.3 Å². The summed E-state index contributed by atoms with van der Waals surface area (Å²) < 4.78 is 13.2. The summed E-state index contributed by atoms with van der Waals surface area (Å²) in [5.74, 6) is -1.44. The lowest BCUT2D eigenvalue weighted by molar-refractivity contribution is 0.100. The van der Waals surface area contributed by atoms with E-state index >= 15 is 0 Å². The minimum absolute atomic E-state index is 0.105. The summed E-state index contributed by atoms with van der Waals surface area (Å²) in [6.45, 7) is 1.45. The number of Topliss-reactive ketones (excluding diaryl/α,β-unsaturated/α-hetero) is 1. The molecule has 5 nitrogen and oxygen atoms in total. The fraction of sp³-hybridized carbons (Fsp3) is 0.0455. The summed E-state index contributed by atoms with van der Waals surface area (Å²) >= 11 is 0. The van der Waals surface area contributed by atoms with Gasteiger partial charge in [0.1, 0.15) is 5.82 Å². The van der Waals surface area contributed by atoms with Gasteiger partial charge in [-0.1, -0.05) is 24.3 Å². The topological polar surface area (TPSA) is 75.3 Å². The molecule has 0 atom stereocenters. The molecule has 0 radical (unpaired) electrons. The predicted octanol–water partition coefficient (Wildman–Crippen LogP) is 4.53. The molecular formula is C22H17FN2O3. The van der Waals surface area contributed by atoms with Crippen molar-refractivity contribution in [3.63, 3.8) is 0 Å². The van der Waals surface area contributed by atoms with Gasteiger partial charge in [-0.05, 0) is 55.5 Å². The van der Waals surface area contributed by atoms with Crippen molar-refractivity contribution >= 4 is 29.0 Å². The van der Waals surface area contributed by atoms with Gasteiger partial charge in [0.05, 0.1) is 0 Å². The van der Waals surface area contributed by atoms with Gasteiger partial charge < -0.3 is 10.6 Å². The highest BCUT2D eigenvalue weighted by Crippen LogP contribution is 2.15. The lowest BCUT2D eigenvalue weighted by Gasteiger charge is -2.09. The van der Waals surface area contributed by atoms with Crippen molar-refractivity contribution in [2.45, 2.75) is 6.92 Å². The van der Waals surface area contributed by atoms with Gasteiger partial charge in [-0.3, -0.25) is 14.4 Å². The van der Waals surface area contributed by atoms with Gasteiger partial charge in [0.2, 0.25) is 0 Å². The van der Waals surface area contributed by atoms with Crippen LogP contribution in [0.5, 0.6) is 0 Å². The Bertz CT molecular complexity index is 1060. The summed E-state index contributed by atoms with van der Waals surface area (Å²) in [6, 6.07) is 18.3. The van der Waals surface area contributed by atoms with E-state index < -0.39 is 17.6 Å². The van der Waals surface area contributed by atoms with Crippen LogP contribution in [0.3, 0.4) is 0 Å². The van der Waals surface area contributed by atoms with E-state index in [4.69, 9.17) is 0 Å². The van der Waals surface area contributed by atoms with E-state index in [2.05, 4.69) is 10.6 Å². The quantitative estimate of drug-likeness (QED) is 0.642. The van der Waals surface area contributed by atoms with Crippen LogP contribution < -0.4 is 10.6 Å². The van der Waals surface area contributed by atoms with Gasteiger partial charge in [0.25, 0.3) is 11.8 Å². The third kappa shape index (κ3) is 4.67. The van der Waals surface area contributed by atoms with Crippen LogP contribution in [0.25, 0.3) is 0 Å².